The Morgan fingerprint density at radius 2 is 1.61 bits per heavy atom. The van der Waals surface area contributed by atoms with Crippen LogP contribution in [0, 0.1) is 0 Å². The number of rotatable bonds is 8. The van der Waals surface area contributed by atoms with E-state index in [1.807, 2.05) is 0 Å². The molecule has 200 valence electrons. The molecule has 1 unspecified atom stereocenters. The summed E-state index contributed by atoms with van der Waals surface area (Å²) in [6.07, 6.45) is -0.154. The molecule has 10 nitrogen and oxygen atoms in total. The number of amides is 1. The van der Waals surface area contributed by atoms with Crippen molar-refractivity contribution in [3.05, 3.63) is 83.4 Å². The third-order valence-corrected chi connectivity index (χ3v) is 9.49. The van der Waals surface area contributed by atoms with Crippen LogP contribution in [0.4, 0.5) is 0 Å². The van der Waals surface area contributed by atoms with Crippen LogP contribution in [0.5, 0.6) is 0 Å². The van der Waals surface area contributed by atoms with Crippen molar-refractivity contribution >= 4 is 45.3 Å². The first-order valence-electron chi connectivity index (χ1n) is 11.4. The molecule has 12 heteroatoms. The highest BCUT2D eigenvalue weighted by Crippen LogP contribution is 2.49. The fourth-order valence-corrected chi connectivity index (χ4v) is 6.94. The molecule has 2 heterocycles. The smallest absolute Gasteiger partial charge is 0.331 e. The Labute approximate surface area is 224 Å². The number of methoxy groups -OCH3 is 1. The van der Waals surface area contributed by atoms with Crippen LogP contribution in [0.25, 0.3) is 0 Å². The minimum atomic E-state index is -4.42. The zero-order valence-electron chi connectivity index (χ0n) is 20.4. The fourth-order valence-electron chi connectivity index (χ4n) is 4.59. The quantitative estimate of drug-likeness (QED) is 0.156. The van der Waals surface area contributed by atoms with Gasteiger partial charge in [-0.1, -0.05) is 60.7 Å². The standard InChI is InChI=1S/C26H24ClNO9S/c1-26(15-36-20(30)14-27)22(28-23(31)18(13-19(29)35-2)24(28)38(26,33)34)25(32)37-21(16-9-5-3-6-10-16)17-11-7-4-8-12-17/h3-13,21-22,24H,14-15H2,1-2H3/b18-13-/t22-,24?,26-/m0/s1. The van der Waals surface area contributed by atoms with E-state index in [1.165, 1.54) is 6.92 Å². The molecule has 4 rings (SSSR count). The maximum absolute atomic E-state index is 13.8. The van der Waals surface area contributed by atoms with Gasteiger partial charge in [-0.25, -0.2) is 18.0 Å². The lowest BCUT2D eigenvalue weighted by molar-refractivity contribution is -0.162. The zero-order valence-corrected chi connectivity index (χ0v) is 22.0. The second-order valence-electron chi connectivity index (χ2n) is 8.88. The molecule has 3 atom stereocenters. The maximum Gasteiger partial charge on any atom is 0.331 e. The van der Waals surface area contributed by atoms with E-state index in [2.05, 4.69) is 4.74 Å². The molecule has 0 aromatic heterocycles. The molecule has 1 amide bonds. The Hall–Kier alpha value is -3.70. The molecule has 2 aromatic rings. The summed E-state index contributed by atoms with van der Waals surface area (Å²) in [4.78, 5) is 51.3. The number of β-lactam (4-membered cyclic amide) rings is 1. The third-order valence-electron chi connectivity index (χ3n) is 6.57. The molecule has 2 aliphatic heterocycles. The second kappa shape index (κ2) is 10.6. The van der Waals surface area contributed by atoms with Crippen molar-refractivity contribution in [3.63, 3.8) is 0 Å². The van der Waals surface area contributed by atoms with Gasteiger partial charge in [0.15, 0.2) is 27.4 Å². The molecular formula is C26H24ClNO9S. The number of fused-ring (bicyclic) bond motifs is 1. The number of halogens is 1. The molecule has 2 fully saturated rings. The molecule has 0 radical (unpaired) electrons. The third kappa shape index (κ3) is 4.56. The Balaban J connectivity index is 1.77. The summed E-state index contributed by atoms with van der Waals surface area (Å²) in [5.74, 6) is -4.27. The molecule has 2 aliphatic rings. The number of nitrogens with zero attached hydrogens (tertiary/aromatic N) is 1. The van der Waals surface area contributed by atoms with Crippen molar-refractivity contribution in [1.82, 2.24) is 4.90 Å². The molecule has 0 aliphatic carbocycles. The Bertz CT molecular complexity index is 1350. The number of ether oxygens (including phenoxy) is 3. The Kier molecular flexibility index (Phi) is 7.61. The van der Waals surface area contributed by atoms with Crippen molar-refractivity contribution in [2.24, 2.45) is 0 Å². The van der Waals surface area contributed by atoms with Crippen LogP contribution in [0.1, 0.15) is 24.2 Å². The van der Waals surface area contributed by atoms with Gasteiger partial charge in [-0.05, 0) is 18.1 Å². The summed E-state index contributed by atoms with van der Waals surface area (Å²) in [6, 6.07) is 15.9. The number of alkyl halides is 1. The average molecular weight is 562 g/mol. The molecule has 2 saturated heterocycles. The van der Waals surface area contributed by atoms with Crippen LogP contribution in [-0.4, -0.2) is 72.9 Å². The van der Waals surface area contributed by atoms with E-state index < -0.39 is 68.4 Å². The summed E-state index contributed by atoms with van der Waals surface area (Å²) in [7, 11) is -3.34. The van der Waals surface area contributed by atoms with Gasteiger partial charge in [0.05, 0.1) is 12.7 Å². The van der Waals surface area contributed by atoms with Gasteiger partial charge in [0, 0.05) is 6.08 Å². The Morgan fingerprint density at radius 3 is 2.11 bits per heavy atom. The molecule has 2 aromatic carbocycles. The molecule has 0 spiro atoms. The van der Waals surface area contributed by atoms with Gasteiger partial charge in [0.25, 0.3) is 5.91 Å². The van der Waals surface area contributed by atoms with Gasteiger partial charge in [0.2, 0.25) is 0 Å². The summed E-state index contributed by atoms with van der Waals surface area (Å²) in [5.41, 5.74) is 0.867. The second-order valence-corrected chi connectivity index (χ2v) is 11.6. The lowest BCUT2D eigenvalue weighted by atomic mass is 9.94. The normalized spacial score (nSPS) is 24.5. The minimum absolute atomic E-state index is 0.357. The highest BCUT2D eigenvalue weighted by atomic mass is 35.5. The van der Waals surface area contributed by atoms with Crippen LogP contribution in [0.15, 0.2) is 72.3 Å². The highest BCUT2D eigenvalue weighted by molar-refractivity contribution is 7.94. The van der Waals surface area contributed by atoms with Crippen molar-refractivity contribution in [3.8, 4) is 0 Å². The van der Waals surface area contributed by atoms with E-state index in [-0.39, 0.29) is 5.57 Å². The first-order valence-corrected chi connectivity index (χ1v) is 13.5. The topological polar surface area (TPSA) is 133 Å². The van der Waals surface area contributed by atoms with Crippen molar-refractivity contribution < 1.29 is 41.8 Å². The monoisotopic (exact) mass is 561 g/mol. The van der Waals surface area contributed by atoms with Gasteiger partial charge in [-0.15, -0.1) is 11.6 Å². The van der Waals surface area contributed by atoms with E-state index in [9.17, 15) is 27.6 Å². The number of esters is 3. The van der Waals surface area contributed by atoms with Crippen molar-refractivity contribution in [1.29, 1.82) is 0 Å². The van der Waals surface area contributed by atoms with E-state index >= 15 is 0 Å². The van der Waals surface area contributed by atoms with Crippen LogP contribution in [0.2, 0.25) is 0 Å². The molecular weight excluding hydrogens is 538 g/mol. The van der Waals surface area contributed by atoms with Crippen LogP contribution in [-0.2, 0) is 43.2 Å². The first-order chi connectivity index (χ1) is 18.1. The number of hydrogen-bond acceptors (Lipinski definition) is 9. The van der Waals surface area contributed by atoms with Gasteiger partial charge in [-0.3, -0.25) is 9.59 Å². The number of benzene rings is 2. The molecule has 38 heavy (non-hydrogen) atoms. The average Bonchev–Trinajstić information content (AvgIpc) is 3.09. The summed E-state index contributed by atoms with van der Waals surface area (Å²) in [5, 5.41) is -1.63. The van der Waals surface area contributed by atoms with Crippen LogP contribution < -0.4 is 0 Å². The lowest BCUT2D eigenvalue weighted by Crippen LogP contribution is -2.60. The fraction of sp³-hybridized carbons (Fsp3) is 0.308. The van der Waals surface area contributed by atoms with E-state index in [0.717, 1.165) is 18.1 Å². The predicted octanol–water partition coefficient (Wildman–Crippen LogP) is 1.92. The van der Waals surface area contributed by atoms with Gasteiger partial charge in [-0.2, -0.15) is 0 Å². The maximum atomic E-state index is 13.8. The van der Waals surface area contributed by atoms with Crippen LogP contribution in [0.3, 0.4) is 0 Å². The largest absolute Gasteiger partial charge is 0.466 e. The van der Waals surface area contributed by atoms with Crippen molar-refractivity contribution in [2.75, 3.05) is 19.6 Å². The number of sulfone groups is 1. The minimum Gasteiger partial charge on any atom is -0.466 e. The molecule has 0 saturated carbocycles. The van der Waals surface area contributed by atoms with E-state index in [4.69, 9.17) is 21.1 Å². The summed E-state index contributed by atoms with van der Waals surface area (Å²) < 4.78 is 40.8. The van der Waals surface area contributed by atoms with Gasteiger partial charge in [0.1, 0.15) is 17.2 Å². The Morgan fingerprint density at radius 1 is 1.05 bits per heavy atom. The van der Waals surface area contributed by atoms with Crippen LogP contribution >= 0.6 is 11.6 Å². The number of carbonyl (C=O) groups is 4. The first kappa shape index (κ1) is 27.3. The van der Waals surface area contributed by atoms with E-state index in [1.54, 1.807) is 60.7 Å². The SMILES string of the molecule is COC(=O)/C=C1/C(=O)N2C1S(=O)(=O)[C@@](C)(COC(=O)CCl)[C@@H]2C(=O)OC(c1ccccc1)c1ccccc1. The van der Waals surface area contributed by atoms with Crippen molar-refractivity contribution in [2.45, 2.75) is 29.2 Å². The molecule has 0 N–H and O–H groups in total. The van der Waals surface area contributed by atoms with Gasteiger partial charge < -0.3 is 19.1 Å². The molecule has 0 bridgehead atoms. The lowest BCUT2D eigenvalue weighted by Gasteiger charge is -2.38. The number of hydrogen-bond donors (Lipinski definition) is 0. The van der Waals surface area contributed by atoms with Gasteiger partial charge >= 0.3 is 17.9 Å². The predicted molar refractivity (Wildman–Crippen MR) is 134 cm³/mol. The highest BCUT2D eigenvalue weighted by Gasteiger charge is 2.73. The van der Waals surface area contributed by atoms with E-state index in [0.29, 0.717) is 11.1 Å². The summed E-state index contributed by atoms with van der Waals surface area (Å²) in [6.45, 7) is 0.422. The number of carbonyl (C=O) groups excluding carboxylic acids is 4. The summed E-state index contributed by atoms with van der Waals surface area (Å²) >= 11 is 5.51. The zero-order chi connectivity index (χ0) is 27.7.